The van der Waals surface area contributed by atoms with Crippen LogP contribution in [-0.2, 0) is 6.54 Å². The van der Waals surface area contributed by atoms with Gasteiger partial charge in [0.1, 0.15) is 5.52 Å². The van der Waals surface area contributed by atoms with Crippen molar-refractivity contribution in [2.24, 2.45) is 0 Å². The van der Waals surface area contributed by atoms with Crippen LogP contribution < -0.4 is 10.9 Å². The Kier molecular flexibility index (Phi) is 3.39. The third kappa shape index (κ3) is 2.45. The van der Waals surface area contributed by atoms with Gasteiger partial charge in [0.15, 0.2) is 0 Å². The van der Waals surface area contributed by atoms with E-state index >= 15 is 0 Å². The van der Waals surface area contributed by atoms with Crippen molar-refractivity contribution in [1.29, 1.82) is 0 Å². The lowest BCUT2D eigenvalue weighted by Gasteiger charge is -2.06. The third-order valence-corrected chi connectivity index (χ3v) is 2.54. The first kappa shape index (κ1) is 11.6. The van der Waals surface area contributed by atoms with E-state index < -0.39 is 0 Å². The van der Waals surface area contributed by atoms with Crippen molar-refractivity contribution in [1.82, 2.24) is 19.5 Å². The number of nitrogens with one attached hydrogen (secondary N) is 1. The fourth-order valence-electron chi connectivity index (χ4n) is 1.73. The Morgan fingerprint density at radius 1 is 1.53 bits per heavy atom. The second-order valence-electron chi connectivity index (χ2n) is 3.91. The second-order valence-corrected chi connectivity index (χ2v) is 3.91. The first-order valence-electron chi connectivity index (χ1n) is 5.59. The van der Waals surface area contributed by atoms with Crippen LogP contribution in [0.1, 0.15) is 5.69 Å². The molecule has 0 aliphatic heterocycles. The number of hydrogen-bond acceptors (Lipinski definition) is 3. The van der Waals surface area contributed by atoms with Crippen LogP contribution in [-0.4, -0.2) is 27.3 Å². The van der Waals surface area contributed by atoms with Crippen LogP contribution in [0.3, 0.4) is 0 Å². The Labute approximate surface area is 99.4 Å². The average molecular weight is 232 g/mol. The molecule has 90 valence electrons. The molecule has 0 aliphatic rings. The van der Waals surface area contributed by atoms with E-state index in [9.17, 15) is 4.79 Å². The maximum atomic E-state index is 12.1. The highest BCUT2D eigenvalue weighted by atomic mass is 16.1. The van der Waals surface area contributed by atoms with Crippen molar-refractivity contribution in [2.45, 2.75) is 13.5 Å². The Morgan fingerprint density at radius 3 is 3.12 bits per heavy atom. The van der Waals surface area contributed by atoms with Crippen molar-refractivity contribution < 1.29 is 0 Å². The van der Waals surface area contributed by atoms with Crippen LogP contribution in [0.4, 0.5) is 0 Å². The Morgan fingerprint density at radius 2 is 2.35 bits per heavy atom. The molecule has 0 aromatic carbocycles. The predicted molar refractivity (Wildman–Crippen MR) is 67.3 cm³/mol. The lowest BCUT2D eigenvalue weighted by molar-refractivity contribution is 0.606. The van der Waals surface area contributed by atoms with E-state index in [-0.39, 0.29) is 5.56 Å². The average Bonchev–Trinajstić information content (AvgIpc) is 2.69. The molecule has 5 nitrogen and oxygen atoms in total. The first-order valence-corrected chi connectivity index (χ1v) is 5.59. The maximum Gasteiger partial charge on any atom is 0.276 e. The highest BCUT2D eigenvalue weighted by Gasteiger charge is 2.04. The van der Waals surface area contributed by atoms with Crippen molar-refractivity contribution in [2.75, 3.05) is 13.1 Å². The largest absolute Gasteiger partial charge is 0.312 e. The molecule has 0 unspecified atom stereocenters. The summed E-state index contributed by atoms with van der Waals surface area (Å²) in [6.07, 6.45) is 5.36. The minimum Gasteiger partial charge on any atom is -0.312 e. The van der Waals surface area contributed by atoms with E-state index in [1.807, 2.05) is 6.92 Å². The zero-order valence-corrected chi connectivity index (χ0v) is 9.89. The van der Waals surface area contributed by atoms with Gasteiger partial charge < -0.3 is 9.88 Å². The van der Waals surface area contributed by atoms with E-state index in [0.717, 1.165) is 18.8 Å². The Hall–Kier alpha value is -1.88. The maximum absolute atomic E-state index is 12.1. The first-order chi connectivity index (χ1) is 8.22. The fraction of sp³-hybridized carbons (Fsp3) is 0.333. The Bertz CT molecular complexity index is 582. The molecule has 0 fully saturated rings. The standard InChI is InChI=1S/C12H16N4O/c1-3-4-13-5-6-15-7-8-16-11(12(15)17)9-10(2)14-16/h3,7-9,13H,1,4-6H2,2H3. The van der Waals surface area contributed by atoms with E-state index in [4.69, 9.17) is 0 Å². The van der Waals surface area contributed by atoms with Gasteiger partial charge in [-0.3, -0.25) is 4.79 Å². The summed E-state index contributed by atoms with van der Waals surface area (Å²) in [5.74, 6) is 0. The van der Waals surface area contributed by atoms with Crippen LogP contribution in [0.25, 0.3) is 5.52 Å². The zero-order chi connectivity index (χ0) is 12.3. The molecule has 0 spiro atoms. The molecule has 2 rings (SSSR count). The molecular formula is C12H16N4O. The summed E-state index contributed by atoms with van der Waals surface area (Å²) in [5.41, 5.74) is 1.46. The Balaban J connectivity index is 2.20. The van der Waals surface area contributed by atoms with Crippen LogP contribution >= 0.6 is 0 Å². The predicted octanol–water partition coefficient (Wildman–Crippen LogP) is 0.580. The van der Waals surface area contributed by atoms with Crippen LogP contribution in [0.15, 0.2) is 35.9 Å². The second kappa shape index (κ2) is 4.97. The lowest BCUT2D eigenvalue weighted by atomic mass is 10.4. The summed E-state index contributed by atoms with van der Waals surface area (Å²) >= 11 is 0. The van der Waals surface area contributed by atoms with Crippen molar-refractivity contribution >= 4 is 5.52 Å². The minimum atomic E-state index is -0.00602. The number of aromatic nitrogens is 3. The van der Waals surface area contributed by atoms with Gasteiger partial charge in [-0.05, 0) is 13.0 Å². The summed E-state index contributed by atoms with van der Waals surface area (Å²) in [6, 6.07) is 1.80. The van der Waals surface area contributed by atoms with E-state index in [0.29, 0.717) is 12.1 Å². The number of aryl methyl sites for hydroxylation is 1. The van der Waals surface area contributed by atoms with E-state index in [1.54, 1.807) is 33.6 Å². The van der Waals surface area contributed by atoms with Gasteiger partial charge in [0.2, 0.25) is 0 Å². The fourth-order valence-corrected chi connectivity index (χ4v) is 1.73. The smallest absolute Gasteiger partial charge is 0.276 e. The molecular weight excluding hydrogens is 216 g/mol. The lowest BCUT2D eigenvalue weighted by Crippen LogP contribution is -2.27. The third-order valence-electron chi connectivity index (χ3n) is 2.54. The molecule has 0 bridgehead atoms. The normalized spacial score (nSPS) is 10.9. The molecule has 2 aromatic rings. The number of nitrogens with zero attached hydrogens (tertiary/aromatic N) is 3. The molecule has 0 saturated carbocycles. The van der Waals surface area contributed by atoms with Crippen molar-refractivity contribution in [3.8, 4) is 0 Å². The van der Waals surface area contributed by atoms with Crippen LogP contribution in [0.2, 0.25) is 0 Å². The molecule has 0 aliphatic carbocycles. The summed E-state index contributed by atoms with van der Waals surface area (Å²) in [4.78, 5) is 12.1. The van der Waals surface area contributed by atoms with Crippen LogP contribution in [0, 0.1) is 6.92 Å². The van der Waals surface area contributed by atoms with Crippen LogP contribution in [0.5, 0.6) is 0 Å². The molecule has 0 amide bonds. The molecule has 5 heteroatoms. The van der Waals surface area contributed by atoms with Crippen molar-refractivity contribution in [3.63, 3.8) is 0 Å². The quantitative estimate of drug-likeness (QED) is 0.606. The zero-order valence-electron chi connectivity index (χ0n) is 9.89. The topological polar surface area (TPSA) is 51.3 Å². The monoisotopic (exact) mass is 232 g/mol. The molecule has 1 N–H and O–H groups in total. The molecule has 0 radical (unpaired) electrons. The summed E-state index contributed by atoms with van der Waals surface area (Å²) in [6.45, 7) is 7.65. The van der Waals surface area contributed by atoms with Gasteiger partial charge in [0, 0.05) is 32.0 Å². The molecule has 0 atom stereocenters. The summed E-state index contributed by atoms with van der Waals surface area (Å²) in [5, 5.41) is 7.36. The van der Waals surface area contributed by atoms with E-state index in [1.165, 1.54) is 0 Å². The number of hydrogen-bond donors (Lipinski definition) is 1. The number of rotatable bonds is 5. The molecule has 17 heavy (non-hydrogen) atoms. The van der Waals surface area contributed by atoms with Gasteiger partial charge in [-0.25, -0.2) is 4.52 Å². The summed E-state index contributed by atoms with van der Waals surface area (Å²) in [7, 11) is 0. The molecule has 2 aromatic heterocycles. The van der Waals surface area contributed by atoms with Crippen molar-refractivity contribution in [3.05, 3.63) is 47.2 Å². The summed E-state index contributed by atoms with van der Waals surface area (Å²) < 4.78 is 3.30. The van der Waals surface area contributed by atoms with Gasteiger partial charge >= 0.3 is 0 Å². The molecule has 2 heterocycles. The SMILES string of the molecule is C=CCNCCn1ccn2nc(C)cc2c1=O. The molecule has 0 saturated heterocycles. The van der Waals surface area contributed by atoms with Gasteiger partial charge in [-0.1, -0.05) is 6.08 Å². The van der Waals surface area contributed by atoms with Gasteiger partial charge in [0.05, 0.1) is 5.69 Å². The highest BCUT2D eigenvalue weighted by molar-refractivity contribution is 5.44. The van der Waals surface area contributed by atoms with E-state index in [2.05, 4.69) is 17.0 Å². The van der Waals surface area contributed by atoms with Gasteiger partial charge in [-0.15, -0.1) is 6.58 Å². The highest BCUT2D eigenvalue weighted by Crippen LogP contribution is 1.99. The minimum absolute atomic E-state index is 0.00602. The van der Waals surface area contributed by atoms with Gasteiger partial charge in [0.25, 0.3) is 5.56 Å². The number of fused-ring (bicyclic) bond motifs is 1. The van der Waals surface area contributed by atoms with Gasteiger partial charge in [-0.2, -0.15) is 5.10 Å².